The first-order chi connectivity index (χ1) is 11.2. The fourth-order valence-corrected chi connectivity index (χ4v) is 2.50. The van der Waals surface area contributed by atoms with Crippen molar-refractivity contribution in [3.63, 3.8) is 0 Å². The normalized spacial score (nSPS) is 17.2. The van der Waals surface area contributed by atoms with E-state index in [2.05, 4.69) is 42.8 Å². The fourth-order valence-electron chi connectivity index (χ4n) is 2.50. The summed E-state index contributed by atoms with van der Waals surface area (Å²) in [6.07, 6.45) is 7.48. The highest BCUT2D eigenvalue weighted by molar-refractivity contribution is 6.10. The zero-order valence-corrected chi connectivity index (χ0v) is 15.4. The molecule has 0 aliphatic heterocycles. The molecule has 0 aromatic heterocycles. The number of Topliss-reactive ketones (excluding diaryl/α,β-unsaturated/α-hetero) is 1. The van der Waals surface area contributed by atoms with Crippen molar-refractivity contribution in [3.8, 4) is 0 Å². The number of hydrogen-bond acceptors (Lipinski definition) is 3. The van der Waals surface area contributed by atoms with Gasteiger partial charge in [0, 0.05) is 37.8 Å². The van der Waals surface area contributed by atoms with Crippen LogP contribution in [-0.4, -0.2) is 26.1 Å². The van der Waals surface area contributed by atoms with E-state index in [4.69, 9.17) is 0 Å². The first kappa shape index (κ1) is 17.9. The molecule has 3 heteroatoms. The predicted molar refractivity (Wildman–Crippen MR) is 103 cm³/mol. The molecule has 24 heavy (non-hydrogen) atoms. The maximum atomic E-state index is 12.3. The van der Waals surface area contributed by atoms with Crippen molar-refractivity contribution >= 4 is 17.7 Å². The van der Waals surface area contributed by atoms with Crippen LogP contribution in [-0.2, 0) is 4.79 Å². The number of nitrogens with zero attached hydrogens (tertiary/aromatic N) is 2. The number of allylic oxidation sites excluding steroid dienone is 5. The topological polar surface area (TPSA) is 32.7 Å². The van der Waals surface area contributed by atoms with E-state index in [0.717, 1.165) is 28.0 Å². The zero-order valence-electron chi connectivity index (χ0n) is 15.4. The molecule has 0 radical (unpaired) electrons. The summed E-state index contributed by atoms with van der Waals surface area (Å²) >= 11 is 0. The zero-order chi connectivity index (χ0) is 17.9. The summed E-state index contributed by atoms with van der Waals surface area (Å²) in [5.41, 5.74) is 4.59. The number of carbonyl (C=O) groups is 1. The minimum Gasteiger partial charge on any atom is -0.378 e. The van der Waals surface area contributed by atoms with Gasteiger partial charge in [-0.1, -0.05) is 32.9 Å². The summed E-state index contributed by atoms with van der Waals surface area (Å²) in [4.78, 5) is 18.8. The van der Waals surface area contributed by atoms with Gasteiger partial charge < -0.3 is 4.90 Å². The van der Waals surface area contributed by atoms with Crippen LogP contribution in [0.4, 0.5) is 5.69 Å². The molecule has 0 fully saturated rings. The Balaban J connectivity index is 2.21. The van der Waals surface area contributed by atoms with Crippen LogP contribution in [0.1, 0.15) is 33.3 Å². The average molecular weight is 322 g/mol. The van der Waals surface area contributed by atoms with Gasteiger partial charge in [-0.05, 0) is 53.3 Å². The Morgan fingerprint density at radius 1 is 1.04 bits per heavy atom. The van der Waals surface area contributed by atoms with E-state index in [-0.39, 0.29) is 11.2 Å². The Kier molecular flexibility index (Phi) is 5.23. The van der Waals surface area contributed by atoms with Crippen molar-refractivity contribution in [1.82, 2.24) is 0 Å². The molecule has 1 aliphatic rings. The highest BCUT2D eigenvalue weighted by Crippen LogP contribution is 2.32. The summed E-state index contributed by atoms with van der Waals surface area (Å²) in [6, 6.07) is 8.21. The second-order valence-electron chi connectivity index (χ2n) is 7.36. The maximum Gasteiger partial charge on any atom is 0.185 e. The van der Waals surface area contributed by atoms with Gasteiger partial charge >= 0.3 is 0 Å². The summed E-state index contributed by atoms with van der Waals surface area (Å²) in [5, 5.41) is 0. The Morgan fingerprint density at radius 2 is 1.67 bits per heavy atom. The number of hydrogen-bond donors (Lipinski definition) is 0. The molecule has 0 saturated heterocycles. The molecule has 1 aromatic rings. The predicted octanol–water partition coefficient (Wildman–Crippen LogP) is 4.56. The third kappa shape index (κ3) is 4.31. The number of anilines is 1. The molecule has 3 nitrogen and oxygen atoms in total. The third-order valence-corrected chi connectivity index (χ3v) is 3.96. The minimum absolute atomic E-state index is 0.128. The summed E-state index contributed by atoms with van der Waals surface area (Å²) in [6.45, 7) is 8.03. The van der Waals surface area contributed by atoms with E-state index < -0.39 is 0 Å². The van der Waals surface area contributed by atoms with Crippen molar-refractivity contribution in [3.05, 3.63) is 64.9 Å². The number of rotatable bonds is 3. The van der Waals surface area contributed by atoms with Gasteiger partial charge in [0.2, 0.25) is 0 Å². The molecule has 0 heterocycles. The molecule has 2 rings (SSSR count). The number of benzene rings is 1. The highest BCUT2D eigenvalue weighted by atomic mass is 16.1. The van der Waals surface area contributed by atoms with Crippen molar-refractivity contribution in [2.24, 2.45) is 10.4 Å². The van der Waals surface area contributed by atoms with Gasteiger partial charge in [-0.15, -0.1) is 0 Å². The highest BCUT2D eigenvalue weighted by Gasteiger charge is 2.27. The maximum absolute atomic E-state index is 12.3. The molecular weight excluding hydrogens is 296 g/mol. The Bertz CT molecular complexity index is 739. The SMILES string of the molecule is CC1=CC(=CN=Cc2ccc(N(C)C)cc2)C=C(C(C)(C)C)C1=O. The van der Waals surface area contributed by atoms with Gasteiger partial charge in [-0.3, -0.25) is 9.79 Å². The molecule has 0 atom stereocenters. The second-order valence-corrected chi connectivity index (χ2v) is 7.36. The lowest BCUT2D eigenvalue weighted by Crippen LogP contribution is -2.21. The first-order valence-electron chi connectivity index (χ1n) is 8.14. The second kappa shape index (κ2) is 7.00. The number of ketones is 1. The Morgan fingerprint density at radius 3 is 2.21 bits per heavy atom. The lowest BCUT2D eigenvalue weighted by molar-refractivity contribution is -0.113. The van der Waals surface area contributed by atoms with Gasteiger partial charge in [-0.2, -0.15) is 0 Å². The van der Waals surface area contributed by atoms with Gasteiger partial charge in [-0.25, -0.2) is 0 Å². The minimum atomic E-state index is -0.169. The van der Waals surface area contributed by atoms with Gasteiger partial charge in [0.1, 0.15) is 0 Å². The van der Waals surface area contributed by atoms with Crippen molar-refractivity contribution in [2.45, 2.75) is 27.7 Å². The van der Waals surface area contributed by atoms with Crippen LogP contribution in [0.3, 0.4) is 0 Å². The largest absolute Gasteiger partial charge is 0.378 e. The van der Waals surface area contributed by atoms with Crippen molar-refractivity contribution in [2.75, 3.05) is 19.0 Å². The third-order valence-electron chi connectivity index (χ3n) is 3.96. The Labute approximate surface area is 145 Å². The van der Waals surface area contributed by atoms with E-state index in [0.29, 0.717) is 0 Å². The molecular formula is C21H26N2O. The number of aliphatic imine (C=N–C) groups is 1. The van der Waals surface area contributed by atoms with E-state index in [1.54, 1.807) is 0 Å². The van der Waals surface area contributed by atoms with Crippen LogP contribution in [0, 0.1) is 5.41 Å². The van der Waals surface area contributed by atoms with Crippen LogP contribution < -0.4 is 4.90 Å². The monoisotopic (exact) mass is 322 g/mol. The molecule has 0 unspecified atom stereocenters. The summed E-state index contributed by atoms with van der Waals surface area (Å²) in [7, 11) is 4.04. The van der Waals surface area contributed by atoms with Crippen LogP contribution in [0.15, 0.2) is 64.3 Å². The Hall–Kier alpha value is -2.42. The number of carbonyl (C=O) groups excluding carboxylic acids is 1. The first-order valence-corrected chi connectivity index (χ1v) is 8.14. The van der Waals surface area contributed by atoms with Gasteiger partial charge in [0.05, 0.1) is 0 Å². The molecule has 0 N–H and O–H groups in total. The molecule has 126 valence electrons. The molecule has 0 amide bonds. The average Bonchev–Trinajstić information content (AvgIpc) is 2.50. The molecule has 0 spiro atoms. The van der Waals surface area contributed by atoms with Crippen LogP contribution >= 0.6 is 0 Å². The van der Waals surface area contributed by atoms with E-state index in [1.807, 2.05) is 57.7 Å². The van der Waals surface area contributed by atoms with E-state index in [1.165, 1.54) is 0 Å². The molecule has 1 aliphatic carbocycles. The molecule has 1 aromatic carbocycles. The lowest BCUT2D eigenvalue weighted by Gasteiger charge is -2.24. The smallest absolute Gasteiger partial charge is 0.185 e. The quantitative estimate of drug-likeness (QED) is 0.764. The fraction of sp³-hybridized carbons (Fsp3) is 0.333. The van der Waals surface area contributed by atoms with E-state index in [9.17, 15) is 4.79 Å². The summed E-state index contributed by atoms with van der Waals surface area (Å²) < 4.78 is 0. The lowest BCUT2D eigenvalue weighted by atomic mass is 9.78. The van der Waals surface area contributed by atoms with Gasteiger partial charge in [0.25, 0.3) is 0 Å². The standard InChI is InChI=1S/C21H26N2O/c1-15-11-17(12-19(20(15)24)21(2,3)4)14-22-13-16-7-9-18(10-8-16)23(5)6/h7-14H,1-6H3. The molecule has 0 bridgehead atoms. The van der Waals surface area contributed by atoms with Crippen LogP contribution in [0.25, 0.3) is 0 Å². The van der Waals surface area contributed by atoms with E-state index >= 15 is 0 Å². The van der Waals surface area contributed by atoms with Gasteiger partial charge in [0.15, 0.2) is 5.78 Å². The van der Waals surface area contributed by atoms with Crippen molar-refractivity contribution < 1.29 is 4.79 Å². The molecule has 0 saturated carbocycles. The van der Waals surface area contributed by atoms with Crippen LogP contribution in [0.5, 0.6) is 0 Å². The van der Waals surface area contributed by atoms with Crippen molar-refractivity contribution in [1.29, 1.82) is 0 Å². The van der Waals surface area contributed by atoms with Crippen LogP contribution in [0.2, 0.25) is 0 Å². The summed E-state index contributed by atoms with van der Waals surface area (Å²) in [5.74, 6) is 0.128.